The first kappa shape index (κ1) is 21.8. The number of esters is 1. The van der Waals surface area contributed by atoms with Crippen molar-refractivity contribution in [1.82, 2.24) is 4.98 Å². The third kappa shape index (κ3) is 4.80. The van der Waals surface area contributed by atoms with Crippen LogP contribution in [-0.2, 0) is 21.2 Å². The van der Waals surface area contributed by atoms with Crippen molar-refractivity contribution in [1.29, 1.82) is 0 Å². The van der Waals surface area contributed by atoms with E-state index in [-0.39, 0.29) is 17.1 Å². The molecule has 2 aromatic carbocycles. The Morgan fingerprint density at radius 2 is 1.80 bits per heavy atom. The van der Waals surface area contributed by atoms with Crippen molar-refractivity contribution in [2.24, 2.45) is 0 Å². The van der Waals surface area contributed by atoms with Crippen LogP contribution in [0.5, 0.6) is 11.5 Å². The molecule has 3 aromatic rings. The predicted molar refractivity (Wildman–Crippen MR) is 114 cm³/mol. The molecule has 0 N–H and O–H groups in total. The van der Waals surface area contributed by atoms with Gasteiger partial charge in [0, 0.05) is 17.2 Å². The molecule has 0 saturated heterocycles. The molecule has 0 aliphatic rings. The van der Waals surface area contributed by atoms with Crippen LogP contribution in [0.3, 0.4) is 0 Å². The molecule has 0 aliphatic carbocycles. The SMILES string of the molecule is COc1ccc(-c2nc(COC(=O)c3cc(S(C)(=O)=O)ccc3C)cs2)cc1OC. The summed E-state index contributed by atoms with van der Waals surface area (Å²) in [5.74, 6) is 0.622. The van der Waals surface area contributed by atoms with Gasteiger partial charge >= 0.3 is 5.97 Å². The van der Waals surface area contributed by atoms with E-state index < -0.39 is 15.8 Å². The highest BCUT2D eigenvalue weighted by Crippen LogP contribution is 2.33. The number of methoxy groups -OCH3 is 2. The number of hydrogen-bond donors (Lipinski definition) is 0. The van der Waals surface area contributed by atoms with Gasteiger partial charge in [-0.25, -0.2) is 18.2 Å². The molecule has 0 aliphatic heterocycles. The fourth-order valence-corrected chi connectivity index (χ4v) is 4.19. The summed E-state index contributed by atoms with van der Waals surface area (Å²) in [6, 6.07) is 9.89. The van der Waals surface area contributed by atoms with Crippen LogP contribution in [0.4, 0.5) is 0 Å². The van der Waals surface area contributed by atoms with Crippen LogP contribution >= 0.6 is 11.3 Å². The summed E-state index contributed by atoms with van der Waals surface area (Å²) in [5.41, 5.74) is 2.30. The number of aromatic nitrogens is 1. The molecular weight excluding hydrogens is 426 g/mol. The molecule has 0 radical (unpaired) electrons. The highest BCUT2D eigenvalue weighted by Gasteiger charge is 2.17. The second-order valence-corrected chi connectivity index (χ2v) is 9.41. The quantitative estimate of drug-likeness (QED) is 0.507. The van der Waals surface area contributed by atoms with Crippen molar-refractivity contribution < 1.29 is 27.4 Å². The molecule has 0 fully saturated rings. The first-order valence-corrected chi connectivity index (χ1v) is 11.6. The van der Waals surface area contributed by atoms with Gasteiger partial charge in [-0.05, 0) is 42.8 Å². The lowest BCUT2D eigenvalue weighted by atomic mass is 10.1. The van der Waals surface area contributed by atoms with E-state index in [0.717, 1.165) is 16.8 Å². The molecule has 0 amide bonds. The summed E-state index contributed by atoms with van der Waals surface area (Å²) in [6.07, 6.45) is 1.09. The summed E-state index contributed by atoms with van der Waals surface area (Å²) in [5, 5.41) is 2.55. The van der Waals surface area contributed by atoms with Crippen molar-refractivity contribution in [3.8, 4) is 22.1 Å². The van der Waals surface area contributed by atoms with Crippen LogP contribution in [0.2, 0.25) is 0 Å². The minimum Gasteiger partial charge on any atom is -0.493 e. The van der Waals surface area contributed by atoms with Gasteiger partial charge in [-0.3, -0.25) is 0 Å². The van der Waals surface area contributed by atoms with Gasteiger partial charge in [-0.15, -0.1) is 11.3 Å². The van der Waals surface area contributed by atoms with Crippen molar-refractivity contribution in [3.05, 3.63) is 58.6 Å². The van der Waals surface area contributed by atoms with Crippen molar-refractivity contribution in [2.45, 2.75) is 18.4 Å². The fraction of sp³-hybridized carbons (Fsp3) is 0.238. The third-order valence-corrected chi connectivity index (χ3v) is 6.44. The van der Waals surface area contributed by atoms with Crippen LogP contribution in [0.1, 0.15) is 21.6 Å². The molecule has 0 unspecified atom stereocenters. The molecule has 3 rings (SSSR count). The number of sulfone groups is 1. The monoisotopic (exact) mass is 447 g/mol. The van der Waals surface area contributed by atoms with Gasteiger partial charge in [-0.2, -0.15) is 0 Å². The Balaban J connectivity index is 1.74. The van der Waals surface area contributed by atoms with Crippen LogP contribution in [-0.4, -0.2) is 39.8 Å². The fourth-order valence-electron chi connectivity index (χ4n) is 2.74. The van der Waals surface area contributed by atoms with Crippen LogP contribution in [0.15, 0.2) is 46.7 Å². The molecule has 0 atom stereocenters. The highest BCUT2D eigenvalue weighted by atomic mass is 32.2. The Morgan fingerprint density at radius 3 is 2.47 bits per heavy atom. The van der Waals surface area contributed by atoms with E-state index >= 15 is 0 Å². The Morgan fingerprint density at radius 1 is 1.07 bits per heavy atom. The smallest absolute Gasteiger partial charge is 0.338 e. The Bertz CT molecular complexity index is 1180. The average molecular weight is 448 g/mol. The number of carbonyl (C=O) groups is 1. The summed E-state index contributed by atoms with van der Waals surface area (Å²) in [7, 11) is -0.284. The van der Waals surface area contributed by atoms with Crippen molar-refractivity contribution >= 4 is 27.1 Å². The van der Waals surface area contributed by atoms with Gasteiger partial charge in [0.25, 0.3) is 0 Å². The van der Waals surface area contributed by atoms with Crippen molar-refractivity contribution in [2.75, 3.05) is 20.5 Å². The Kier molecular flexibility index (Phi) is 6.42. The minimum absolute atomic E-state index is 0.0227. The molecule has 9 heteroatoms. The first-order chi connectivity index (χ1) is 14.2. The molecule has 0 bridgehead atoms. The van der Waals surface area contributed by atoms with E-state index in [1.165, 1.54) is 23.5 Å². The molecule has 7 nitrogen and oxygen atoms in total. The van der Waals surface area contributed by atoms with E-state index in [1.54, 1.807) is 38.7 Å². The van der Waals surface area contributed by atoms with Gasteiger partial charge in [-0.1, -0.05) is 6.07 Å². The molecule has 1 heterocycles. The van der Waals surface area contributed by atoms with Gasteiger partial charge < -0.3 is 14.2 Å². The average Bonchev–Trinajstić information content (AvgIpc) is 3.20. The Hall–Kier alpha value is -2.91. The largest absolute Gasteiger partial charge is 0.493 e. The highest BCUT2D eigenvalue weighted by molar-refractivity contribution is 7.90. The van der Waals surface area contributed by atoms with E-state index in [1.807, 2.05) is 12.1 Å². The Labute approximate surface area is 179 Å². The first-order valence-electron chi connectivity index (χ1n) is 8.87. The number of nitrogens with zero attached hydrogens (tertiary/aromatic N) is 1. The zero-order valence-corrected chi connectivity index (χ0v) is 18.6. The summed E-state index contributed by atoms with van der Waals surface area (Å²) < 4.78 is 39.4. The zero-order chi connectivity index (χ0) is 21.9. The number of ether oxygens (including phenoxy) is 3. The molecule has 30 heavy (non-hydrogen) atoms. The van der Waals surface area contributed by atoms with E-state index in [9.17, 15) is 13.2 Å². The maximum Gasteiger partial charge on any atom is 0.338 e. The number of benzene rings is 2. The summed E-state index contributed by atoms with van der Waals surface area (Å²) in [6.45, 7) is 1.70. The number of thiazole rings is 1. The number of rotatable bonds is 7. The summed E-state index contributed by atoms with van der Waals surface area (Å²) in [4.78, 5) is 17.1. The lowest BCUT2D eigenvalue weighted by Crippen LogP contribution is -2.09. The normalized spacial score (nSPS) is 11.2. The van der Waals surface area contributed by atoms with Crippen molar-refractivity contribution in [3.63, 3.8) is 0 Å². The molecule has 0 saturated carbocycles. The number of aryl methyl sites for hydroxylation is 1. The zero-order valence-electron chi connectivity index (χ0n) is 17.0. The lowest BCUT2D eigenvalue weighted by Gasteiger charge is -2.08. The third-order valence-electron chi connectivity index (χ3n) is 4.39. The van der Waals surface area contributed by atoms with E-state index in [0.29, 0.717) is 22.8 Å². The molecular formula is C21H21NO6S2. The summed E-state index contributed by atoms with van der Waals surface area (Å²) >= 11 is 1.41. The van der Waals surface area contributed by atoms with Gasteiger partial charge in [0.15, 0.2) is 21.3 Å². The van der Waals surface area contributed by atoms with Crippen LogP contribution < -0.4 is 9.47 Å². The number of hydrogen-bond acceptors (Lipinski definition) is 8. The van der Waals surface area contributed by atoms with Gasteiger partial charge in [0.1, 0.15) is 11.6 Å². The minimum atomic E-state index is -3.42. The van der Waals surface area contributed by atoms with Crippen LogP contribution in [0, 0.1) is 6.92 Å². The van der Waals surface area contributed by atoms with E-state index in [4.69, 9.17) is 14.2 Å². The number of carbonyl (C=O) groups excluding carboxylic acids is 1. The van der Waals surface area contributed by atoms with E-state index in [2.05, 4.69) is 4.98 Å². The van der Waals surface area contributed by atoms with Crippen LogP contribution in [0.25, 0.3) is 10.6 Å². The molecule has 158 valence electrons. The second-order valence-electron chi connectivity index (χ2n) is 6.54. The maximum atomic E-state index is 12.5. The van der Waals surface area contributed by atoms with Gasteiger partial charge in [0.05, 0.1) is 30.4 Å². The standard InChI is InChI=1S/C21H21NO6S2/c1-13-5-7-16(30(4,24)25)10-17(13)21(23)28-11-15-12-29-20(22-15)14-6-8-18(26-2)19(9-14)27-3/h5-10,12H,11H2,1-4H3. The second kappa shape index (κ2) is 8.85. The van der Waals surface area contributed by atoms with Gasteiger partial charge in [0.2, 0.25) is 0 Å². The predicted octanol–water partition coefficient (Wildman–Crippen LogP) is 3.90. The topological polar surface area (TPSA) is 91.8 Å². The molecule has 0 spiro atoms. The molecule has 1 aromatic heterocycles. The lowest BCUT2D eigenvalue weighted by molar-refractivity contribution is 0.0467. The maximum absolute atomic E-state index is 12.5.